The minimum absolute atomic E-state index is 0.0249. The number of halogens is 3. The zero-order valence-corrected chi connectivity index (χ0v) is 10.9. The molecule has 106 valence electrons. The highest BCUT2D eigenvalue weighted by molar-refractivity contribution is 5.63. The van der Waals surface area contributed by atoms with Gasteiger partial charge in [-0.15, -0.1) is 0 Å². The Morgan fingerprint density at radius 2 is 1.85 bits per heavy atom. The molecule has 0 radical (unpaired) electrons. The zero-order valence-electron chi connectivity index (χ0n) is 10.9. The Hall–Kier alpha value is -1.55. The third-order valence-corrected chi connectivity index (χ3v) is 3.89. The van der Waals surface area contributed by atoms with Crippen molar-refractivity contribution in [1.82, 2.24) is 0 Å². The van der Waals surface area contributed by atoms with Crippen molar-refractivity contribution in [2.24, 2.45) is 0 Å². The fourth-order valence-electron chi connectivity index (χ4n) is 2.98. The van der Waals surface area contributed by atoms with E-state index < -0.39 is 12.3 Å². The second-order valence-electron chi connectivity index (χ2n) is 5.24. The van der Waals surface area contributed by atoms with Gasteiger partial charge in [0.1, 0.15) is 0 Å². The van der Waals surface area contributed by atoms with E-state index in [2.05, 4.69) is 0 Å². The SMILES string of the molecule is OC(c1c2c(cc3c1=CCCC=3)CCC=C2)C(F)(F)F. The molecule has 0 bridgehead atoms. The second kappa shape index (κ2) is 4.77. The lowest BCUT2D eigenvalue weighted by Gasteiger charge is -2.23. The van der Waals surface area contributed by atoms with Crippen LogP contribution in [0.15, 0.2) is 12.1 Å². The van der Waals surface area contributed by atoms with Crippen molar-refractivity contribution in [2.75, 3.05) is 0 Å². The van der Waals surface area contributed by atoms with Gasteiger partial charge in [-0.25, -0.2) is 0 Å². The van der Waals surface area contributed by atoms with Crippen LogP contribution < -0.4 is 10.4 Å². The molecule has 3 rings (SSSR count). The standard InChI is InChI=1S/C16H15F3O/c17-16(18,19)15(20)14-12-7-3-1-5-10(12)9-11-6-2-4-8-13(11)14/h3,6-9,15,20H,1-2,4-5H2. The van der Waals surface area contributed by atoms with Crippen LogP contribution in [0.4, 0.5) is 13.2 Å². The smallest absolute Gasteiger partial charge is 0.379 e. The van der Waals surface area contributed by atoms with Gasteiger partial charge in [0, 0.05) is 5.56 Å². The molecule has 1 aromatic rings. The summed E-state index contributed by atoms with van der Waals surface area (Å²) >= 11 is 0. The number of hydrogen-bond donors (Lipinski definition) is 1. The first-order valence-electron chi connectivity index (χ1n) is 6.76. The van der Waals surface area contributed by atoms with Gasteiger partial charge in [-0.2, -0.15) is 13.2 Å². The maximum atomic E-state index is 13.0. The average molecular weight is 280 g/mol. The van der Waals surface area contributed by atoms with Gasteiger partial charge in [-0.3, -0.25) is 0 Å². The molecule has 0 spiro atoms. The highest BCUT2D eigenvalue weighted by Gasteiger charge is 2.41. The third kappa shape index (κ3) is 2.18. The topological polar surface area (TPSA) is 20.2 Å². The van der Waals surface area contributed by atoms with E-state index >= 15 is 0 Å². The molecule has 0 saturated heterocycles. The van der Waals surface area contributed by atoms with Crippen molar-refractivity contribution >= 4 is 18.2 Å². The van der Waals surface area contributed by atoms with Gasteiger partial charge in [0.15, 0.2) is 6.10 Å². The normalized spacial score (nSPS) is 18.6. The number of fused-ring (bicyclic) bond motifs is 2. The van der Waals surface area contributed by atoms with Crippen LogP contribution >= 0.6 is 0 Å². The monoisotopic (exact) mass is 280 g/mol. The number of aliphatic hydroxyl groups is 1. The summed E-state index contributed by atoms with van der Waals surface area (Å²) in [6.45, 7) is 0. The van der Waals surface area contributed by atoms with E-state index in [4.69, 9.17) is 0 Å². The van der Waals surface area contributed by atoms with Crippen molar-refractivity contribution in [2.45, 2.75) is 38.0 Å². The van der Waals surface area contributed by atoms with E-state index in [0.29, 0.717) is 17.2 Å². The van der Waals surface area contributed by atoms with Crippen LogP contribution in [0.3, 0.4) is 0 Å². The highest BCUT2D eigenvalue weighted by atomic mass is 19.4. The molecule has 0 fully saturated rings. The van der Waals surface area contributed by atoms with Crippen LogP contribution in [0.2, 0.25) is 0 Å². The van der Waals surface area contributed by atoms with E-state index in [1.165, 1.54) is 0 Å². The fraction of sp³-hybridized carbons (Fsp3) is 0.375. The number of alkyl halides is 3. The molecule has 1 atom stereocenters. The van der Waals surface area contributed by atoms with Gasteiger partial charge in [0.25, 0.3) is 0 Å². The van der Waals surface area contributed by atoms with Gasteiger partial charge >= 0.3 is 6.18 Å². The summed E-state index contributed by atoms with van der Waals surface area (Å²) < 4.78 is 38.9. The number of hydrogen-bond acceptors (Lipinski definition) is 1. The van der Waals surface area contributed by atoms with Crippen LogP contribution in [0.1, 0.15) is 42.1 Å². The predicted octanol–water partition coefficient (Wildman–Crippen LogP) is 2.60. The van der Waals surface area contributed by atoms with Crippen LogP contribution in [-0.2, 0) is 6.42 Å². The summed E-state index contributed by atoms with van der Waals surface area (Å²) in [4.78, 5) is 0. The van der Waals surface area contributed by atoms with Gasteiger partial charge < -0.3 is 5.11 Å². The first kappa shape index (κ1) is 13.4. The maximum Gasteiger partial charge on any atom is 0.418 e. The van der Waals surface area contributed by atoms with Crippen LogP contribution in [0, 0.1) is 0 Å². The lowest BCUT2D eigenvalue weighted by atomic mass is 9.86. The molecule has 1 N–H and O–H groups in total. The predicted molar refractivity (Wildman–Crippen MR) is 72.2 cm³/mol. The molecule has 0 aromatic heterocycles. The summed E-state index contributed by atoms with van der Waals surface area (Å²) in [5.74, 6) is 0. The largest absolute Gasteiger partial charge is 0.418 e. The maximum absolute atomic E-state index is 13.0. The molecule has 2 aliphatic carbocycles. The lowest BCUT2D eigenvalue weighted by Crippen LogP contribution is -2.37. The van der Waals surface area contributed by atoms with E-state index in [9.17, 15) is 18.3 Å². The Bertz CT molecular complexity index is 683. The van der Waals surface area contributed by atoms with Crippen LogP contribution in [0.5, 0.6) is 0 Å². The Labute approximate surface area is 114 Å². The Morgan fingerprint density at radius 3 is 2.60 bits per heavy atom. The quantitative estimate of drug-likeness (QED) is 0.838. The number of aliphatic hydroxyl groups excluding tert-OH is 1. The first-order chi connectivity index (χ1) is 9.48. The number of aryl methyl sites for hydroxylation is 1. The fourth-order valence-corrected chi connectivity index (χ4v) is 2.98. The van der Waals surface area contributed by atoms with Gasteiger partial charge in [-0.1, -0.05) is 30.4 Å². The minimum atomic E-state index is -4.64. The van der Waals surface area contributed by atoms with E-state index in [1.807, 2.05) is 24.3 Å². The molecule has 0 amide bonds. The minimum Gasteiger partial charge on any atom is -0.379 e. The van der Waals surface area contributed by atoms with Crippen molar-refractivity contribution in [1.29, 1.82) is 0 Å². The molecule has 4 heteroatoms. The van der Waals surface area contributed by atoms with Gasteiger partial charge in [0.2, 0.25) is 0 Å². The van der Waals surface area contributed by atoms with Crippen LogP contribution in [-0.4, -0.2) is 11.3 Å². The third-order valence-electron chi connectivity index (χ3n) is 3.89. The van der Waals surface area contributed by atoms with Crippen molar-refractivity contribution < 1.29 is 18.3 Å². The average Bonchev–Trinajstić information content (AvgIpc) is 2.43. The molecular formula is C16H15F3O. The summed E-state index contributed by atoms with van der Waals surface area (Å²) in [6.07, 6.45) is 3.40. The number of rotatable bonds is 1. The number of benzene rings is 1. The molecule has 1 aromatic carbocycles. The van der Waals surface area contributed by atoms with Crippen molar-refractivity contribution in [3.63, 3.8) is 0 Å². The van der Waals surface area contributed by atoms with Crippen molar-refractivity contribution in [3.05, 3.63) is 39.3 Å². The lowest BCUT2D eigenvalue weighted by molar-refractivity contribution is -0.207. The van der Waals surface area contributed by atoms with Crippen molar-refractivity contribution in [3.8, 4) is 0 Å². The Balaban J connectivity index is 2.35. The first-order valence-corrected chi connectivity index (χ1v) is 6.76. The summed E-state index contributed by atoms with van der Waals surface area (Å²) in [5, 5.41) is 11.1. The zero-order chi connectivity index (χ0) is 14.3. The Morgan fingerprint density at radius 1 is 1.10 bits per heavy atom. The summed E-state index contributed by atoms with van der Waals surface area (Å²) in [7, 11) is 0. The number of allylic oxidation sites excluding steroid dienone is 1. The van der Waals surface area contributed by atoms with Crippen LogP contribution in [0.25, 0.3) is 18.2 Å². The van der Waals surface area contributed by atoms with E-state index in [0.717, 1.165) is 30.0 Å². The molecule has 1 unspecified atom stereocenters. The summed E-state index contributed by atoms with van der Waals surface area (Å²) in [5.41, 5.74) is 1.47. The molecule has 1 nitrogen and oxygen atoms in total. The van der Waals surface area contributed by atoms with Gasteiger partial charge in [-0.05, 0) is 47.2 Å². The van der Waals surface area contributed by atoms with E-state index in [-0.39, 0.29) is 5.56 Å². The van der Waals surface area contributed by atoms with E-state index in [1.54, 1.807) is 6.08 Å². The molecule has 0 saturated carbocycles. The molecule has 0 heterocycles. The summed E-state index contributed by atoms with van der Waals surface area (Å²) in [6, 6.07) is 1.97. The van der Waals surface area contributed by atoms with Gasteiger partial charge in [0.05, 0.1) is 0 Å². The molecular weight excluding hydrogens is 265 g/mol. The Kier molecular flexibility index (Phi) is 3.21. The molecule has 0 aliphatic heterocycles. The molecule has 2 aliphatic rings. The highest BCUT2D eigenvalue weighted by Crippen LogP contribution is 2.34. The second-order valence-corrected chi connectivity index (χ2v) is 5.24. The molecule has 20 heavy (non-hydrogen) atoms.